The second-order valence-corrected chi connectivity index (χ2v) is 7.99. The lowest BCUT2D eigenvalue weighted by atomic mass is 9.64. The molecule has 140 valence electrons. The van der Waals surface area contributed by atoms with Crippen molar-refractivity contribution in [2.75, 3.05) is 19.6 Å². The van der Waals surface area contributed by atoms with Crippen LogP contribution in [0, 0.1) is 11.8 Å². The summed E-state index contributed by atoms with van der Waals surface area (Å²) >= 11 is 0. The van der Waals surface area contributed by atoms with Crippen molar-refractivity contribution in [3.63, 3.8) is 0 Å². The smallest absolute Gasteiger partial charge is 0.241 e. The first-order valence-electron chi connectivity index (χ1n) is 9.41. The van der Waals surface area contributed by atoms with E-state index >= 15 is 0 Å². The van der Waals surface area contributed by atoms with Crippen LogP contribution in [0.2, 0.25) is 0 Å². The minimum Gasteiger partial charge on any atom is -0.469 e. The zero-order valence-corrected chi connectivity index (χ0v) is 15.7. The Morgan fingerprint density at radius 2 is 2.22 bits per heavy atom. The molecular formula is C20H24N6O. The normalized spacial score (nSPS) is 27.5. The van der Waals surface area contributed by atoms with Gasteiger partial charge in [0.15, 0.2) is 0 Å². The number of rotatable bonds is 5. The minimum atomic E-state index is -0.189. The van der Waals surface area contributed by atoms with Gasteiger partial charge >= 0.3 is 0 Å². The maximum absolute atomic E-state index is 6.57. The van der Waals surface area contributed by atoms with Crippen molar-refractivity contribution in [3.8, 4) is 17.1 Å². The van der Waals surface area contributed by atoms with E-state index in [0.29, 0.717) is 17.7 Å². The second kappa shape index (κ2) is 5.92. The molecule has 0 amide bonds. The molecule has 2 aliphatic rings. The number of ether oxygens (including phenoxy) is 1. The first-order chi connectivity index (χ1) is 13.1. The second-order valence-electron chi connectivity index (χ2n) is 7.99. The lowest BCUT2D eigenvalue weighted by Gasteiger charge is -2.48. The molecule has 0 unspecified atom stereocenters. The SMILES string of the molecule is C=CCN1C[C@@H]2C[C@@](C)(Oc3nc(-c4cnn(C)c4)cn4nccc34)[C@@H]2C1. The van der Waals surface area contributed by atoms with Crippen LogP contribution in [0.3, 0.4) is 0 Å². The summed E-state index contributed by atoms with van der Waals surface area (Å²) in [7, 11) is 1.90. The third kappa shape index (κ3) is 2.65. The van der Waals surface area contributed by atoms with Crippen LogP contribution in [0.15, 0.2) is 43.5 Å². The van der Waals surface area contributed by atoms with Crippen molar-refractivity contribution in [2.45, 2.75) is 18.9 Å². The Hall–Kier alpha value is -2.67. The van der Waals surface area contributed by atoms with Gasteiger partial charge < -0.3 is 4.74 Å². The highest BCUT2D eigenvalue weighted by molar-refractivity contribution is 5.63. The first kappa shape index (κ1) is 16.5. The summed E-state index contributed by atoms with van der Waals surface area (Å²) < 4.78 is 10.2. The fraction of sp³-hybridized carbons (Fsp3) is 0.450. The summed E-state index contributed by atoms with van der Waals surface area (Å²) in [4.78, 5) is 7.29. The largest absolute Gasteiger partial charge is 0.469 e. The summed E-state index contributed by atoms with van der Waals surface area (Å²) in [5, 5.41) is 8.65. The molecule has 0 aromatic carbocycles. The van der Waals surface area contributed by atoms with Gasteiger partial charge in [-0.3, -0.25) is 9.58 Å². The zero-order valence-electron chi connectivity index (χ0n) is 15.7. The van der Waals surface area contributed by atoms with Gasteiger partial charge in [0.1, 0.15) is 11.1 Å². The summed E-state index contributed by atoms with van der Waals surface area (Å²) in [6.07, 6.45) is 10.5. The molecule has 1 aliphatic carbocycles. The van der Waals surface area contributed by atoms with Crippen LogP contribution in [-0.2, 0) is 7.05 Å². The molecule has 0 bridgehead atoms. The van der Waals surface area contributed by atoms with Crippen molar-refractivity contribution in [1.82, 2.24) is 29.3 Å². The number of nitrogens with zero attached hydrogens (tertiary/aromatic N) is 6. The van der Waals surface area contributed by atoms with Crippen LogP contribution >= 0.6 is 0 Å². The van der Waals surface area contributed by atoms with Crippen molar-refractivity contribution in [2.24, 2.45) is 18.9 Å². The molecule has 3 atom stereocenters. The maximum atomic E-state index is 6.57. The molecule has 27 heavy (non-hydrogen) atoms. The van der Waals surface area contributed by atoms with E-state index in [1.165, 1.54) is 0 Å². The summed E-state index contributed by atoms with van der Waals surface area (Å²) in [5.74, 6) is 1.89. The molecule has 2 fully saturated rings. The molecule has 1 saturated heterocycles. The van der Waals surface area contributed by atoms with Crippen molar-refractivity contribution in [3.05, 3.63) is 43.5 Å². The van der Waals surface area contributed by atoms with E-state index in [1.54, 1.807) is 10.9 Å². The van der Waals surface area contributed by atoms with Crippen molar-refractivity contribution >= 4 is 5.52 Å². The van der Waals surface area contributed by atoms with E-state index in [1.807, 2.05) is 42.3 Å². The average Bonchev–Trinajstić information content (AvgIpc) is 3.34. The van der Waals surface area contributed by atoms with E-state index in [2.05, 4.69) is 28.6 Å². The molecule has 5 rings (SSSR count). The molecule has 3 aromatic heterocycles. The standard InChI is InChI=1S/C20H24N6O/c1-4-7-25-11-14-8-20(2,16(14)12-25)27-19-18-5-6-21-26(18)13-17(23-19)15-9-22-24(3)10-15/h4-6,9-10,13-14,16H,1,7-8,11-12H2,2-3H3/t14-,16+,20+/m0/s1. The van der Waals surface area contributed by atoms with Crippen LogP contribution in [0.25, 0.3) is 16.8 Å². The maximum Gasteiger partial charge on any atom is 0.241 e. The van der Waals surface area contributed by atoms with Crippen LogP contribution < -0.4 is 4.74 Å². The molecular weight excluding hydrogens is 340 g/mol. The Morgan fingerprint density at radius 1 is 1.33 bits per heavy atom. The highest BCUT2D eigenvalue weighted by Crippen LogP contribution is 2.51. The Bertz CT molecular complexity index is 1010. The summed E-state index contributed by atoms with van der Waals surface area (Å²) in [5.41, 5.74) is 2.47. The minimum absolute atomic E-state index is 0.189. The number of aromatic nitrogens is 5. The molecule has 0 spiro atoms. The Morgan fingerprint density at radius 3 is 3.00 bits per heavy atom. The van der Waals surface area contributed by atoms with Crippen LogP contribution in [0.1, 0.15) is 13.3 Å². The predicted molar refractivity (Wildman–Crippen MR) is 102 cm³/mol. The van der Waals surface area contributed by atoms with Crippen LogP contribution in [0.4, 0.5) is 0 Å². The molecule has 0 radical (unpaired) electrons. The molecule has 4 heterocycles. The van der Waals surface area contributed by atoms with Gasteiger partial charge in [-0.1, -0.05) is 6.08 Å². The fourth-order valence-electron chi connectivity index (χ4n) is 4.71. The van der Waals surface area contributed by atoms with E-state index < -0.39 is 0 Å². The molecule has 1 aliphatic heterocycles. The van der Waals surface area contributed by atoms with Crippen molar-refractivity contribution in [1.29, 1.82) is 0 Å². The lowest BCUT2D eigenvalue weighted by Crippen LogP contribution is -2.55. The third-order valence-corrected chi connectivity index (χ3v) is 6.04. The number of hydrogen-bond donors (Lipinski definition) is 0. The zero-order chi connectivity index (χ0) is 18.6. The number of likely N-dealkylation sites (tertiary alicyclic amines) is 1. The third-order valence-electron chi connectivity index (χ3n) is 6.04. The molecule has 0 N–H and O–H groups in total. The Balaban J connectivity index is 1.47. The molecule has 3 aromatic rings. The monoisotopic (exact) mass is 364 g/mol. The van der Waals surface area contributed by atoms with Gasteiger partial charge in [0, 0.05) is 44.4 Å². The number of aryl methyl sites for hydroxylation is 1. The first-order valence-corrected chi connectivity index (χ1v) is 9.41. The van der Waals surface area contributed by atoms with E-state index in [4.69, 9.17) is 9.72 Å². The fourth-order valence-corrected chi connectivity index (χ4v) is 4.71. The molecule has 1 saturated carbocycles. The van der Waals surface area contributed by atoms with Gasteiger partial charge in [-0.2, -0.15) is 10.2 Å². The highest BCUT2D eigenvalue weighted by Gasteiger charge is 2.56. The Kier molecular flexibility index (Phi) is 3.62. The topological polar surface area (TPSA) is 60.5 Å². The number of hydrogen-bond acceptors (Lipinski definition) is 5. The van der Waals surface area contributed by atoms with Gasteiger partial charge in [0.25, 0.3) is 0 Å². The van der Waals surface area contributed by atoms with Gasteiger partial charge in [-0.25, -0.2) is 9.50 Å². The van der Waals surface area contributed by atoms with Crippen molar-refractivity contribution < 1.29 is 4.74 Å². The molecule has 7 nitrogen and oxygen atoms in total. The van der Waals surface area contributed by atoms with E-state index in [0.717, 1.165) is 42.8 Å². The van der Waals surface area contributed by atoms with Gasteiger partial charge in [0.05, 0.1) is 24.3 Å². The number of fused-ring (bicyclic) bond motifs is 2. The quantitative estimate of drug-likeness (QED) is 0.651. The van der Waals surface area contributed by atoms with E-state index in [9.17, 15) is 0 Å². The summed E-state index contributed by atoms with van der Waals surface area (Å²) in [6.45, 7) is 9.24. The van der Waals surface area contributed by atoms with Gasteiger partial charge in [-0.05, 0) is 25.3 Å². The van der Waals surface area contributed by atoms with E-state index in [-0.39, 0.29) is 5.60 Å². The average molecular weight is 364 g/mol. The molecule has 7 heteroatoms. The van der Waals surface area contributed by atoms with Crippen LogP contribution in [0.5, 0.6) is 5.88 Å². The highest BCUT2D eigenvalue weighted by atomic mass is 16.5. The lowest BCUT2D eigenvalue weighted by molar-refractivity contribution is -0.0810. The Labute approximate surface area is 158 Å². The van der Waals surface area contributed by atoms with Crippen LogP contribution in [-0.4, -0.2) is 54.5 Å². The van der Waals surface area contributed by atoms with Gasteiger partial charge in [-0.15, -0.1) is 6.58 Å². The predicted octanol–water partition coefficient (Wildman–Crippen LogP) is 2.41. The summed E-state index contributed by atoms with van der Waals surface area (Å²) in [6, 6.07) is 1.95. The van der Waals surface area contributed by atoms with Gasteiger partial charge in [0.2, 0.25) is 5.88 Å².